The number of rotatable bonds is 7. The summed E-state index contributed by atoms with van der Waals surface area (Å²) >= 11 is 0. The molecule has 4 nitrogen and oxygen atoms in total. The second-order valence-corrected chi connectivity index (χ2v) is 7.26. The second kappa shape index (κ2) is 9.40. The summed E-state index contributed by atoms with van der Waals surface area (Å²) in [5, 5.41) is 10.3. The highest BCUT2D eigenvalue weighted by Crippen LogP contribution is 2.50. The van der Waals surface area contributed by atoms with E-state index < -0.39 is 0 Å². The molecule has 0 radical (unpaired) electrons. The third-order valence-corrected chi connectivity index (χ3v) is 5.01. The van der Waals surface area contributed by atoms with Gasteiger partial charge in [-0.2, -0.15) is 0 Å². The van der Waals surface area contributed by atoms with Crippen LogP contribution in [0.5, 0.6) is 23.0 Å². The number of phenols is 1. The fourth-order valence-electron chi connectivity index (χ4n) is 3.50. The Bertz CT molecular complexity index is 1050. The van der Waals surface area contributed by atoms with E-state index in [1.165, 1.54) is 5.57 Å². The highest BCUT2D eigenvalue weighted by atomic mass is 16.5. The van der Waals surface area contributed by atoms with Crippen LogP contribution in [0.1, 0.15) is 19.4 Å². The number of allylic oxidation sites excluding steroid dienone is 2. The van der Waals surface area contributed by atoms with Crippen LogP contribution in [0, 0.1) is 0 Å². The van der Waals surface area contributed by atoms with Crippen molar-refractivity contribution in [2.75, 3.05) is 21.3 Å². The second-order valence-electron chi connectivity index (χ2n) is 7.26. The van der Waals surface area contributed by atoms with Gasteiger partial charge < -0.3 is 19.3 Å². The predicted molar refractivity (Wildman–Crippen MR) is 122 cm³/mol. The molecule has 0 aliphatic carbocycles. The predicted octanol–water partition coefficient (Wildman–Crippen LogP) is 6.26. The molecule has 156 valence electrons. The molecule has 0 aliphatic heterocycles. The van der Waals surface area contributed by atoms with Crippen molar-refractivity contribution < 1.29 is 19.3 Å². The van der Waals surface area contributed by atoms with Gasteiger partial charge in [-0.05, 0) is 55.2 Å². The van der Waals surface area contributed by atoms with Crippen molar-refractivity contribution in [1.29, 1.82) is 0 Å². The van der Waals surface area contributed by atoms with Gasteiger partial charge in [-0.1, -0.05) is 48.0 Å². The number of ether oxygens (including phenoxy) is 3. The Balaban J connectivity index is 2.25. The van der Waals surface area contributed by atoms with E-state index in [0.29, 0.717) is 23.7 Å². The lowest BCUT2D eigenvalue weighted by Crippen LogP contribution is -2.00. The van der Waals surface area contributed by atoms with Crippen LogP contribution in [-0.4, -0.2) is 26.4 Å². The van der Waals surface area contributed by atoms with Crippen molar-refractivity contribution in [3.63, 3.8) is 0 Å². The molecule has 3 aromatic rings. The summed E-state index contributed by atoms with van der Waals surface area (Å²) in [5.41, 5.74) is 5.60. The molecule has 0 fully saturated rings. The average Bonchev–Trinajstić information content (AvgIpc) is 2.77. The summed E-state index contributed by atoms with van der Waals surface area (Å²) in [6, 6.07) is 17.5. The maximum absolute atomic E-state index is 10.3. The molecule has 4 heteroatoms. The van der Waals surface area contributed by atoms with Crippen LogP contribution in [0.4, 0.5) is 0 Å². The summed E-state index contributed by atoms with van der Waals surface area (Å²) in [6.07, 6.45) is 2.73. The van der Waals surface area contributed by atoms with E-state index in [4.69, 9.17) is 14.2 Å². The largest absolute Gasteiger partial charge is 0.508 e. The zero-order valence-corrected chi connectivity index (χ0v) is 18.2. The molecule has 0 heterocycles. The van der Waals surface area contributed by atoms with Gasteiger partial charge in [-0.3, -0.25) is 0 Å². The number of aromatic hydroxyl groups is 1. The van der Waals surface area contributed by atoms with Gasteiger partial charge in [-0.15, -0.1) is 0 Å². The Labute approximate surface area is 178 Å². The molecule has 0 amide bonds. The Hall–Kier alpha value is -3.40. The van der Waals surface area contributed by atoms with E-state index in [1.807, 2.05) is 62.4 Å². The standard InChI is InChI=1S/C26H28O4/c1-17(2)11-12-19-15-20(13-14-22(19)27)24-23(28-3)16-21(18-9-7-6-8-10-18)25(29-4)26(24)30-5/h6-11,13-16,27H,12H2,1-5H3. The van der Waals surface area contributed by atoms with Crippen molar-refractivity contribution in [2.45, 2.75) is 20.3 Å². The van der Waals surface area contributed by atoms with Crippen LogP contribution < -0.4 is 14.2 Å². The van der Waals surface area contributed by atoms with E-state index in [9.17, 15) is 5.11 Å². The van der Waals surface area contributed by atoms with Crippen LogP contribution >= 0.6 is 0 Å². The maximum Gasteiger partial charge on any atom is 0.172 e. The maximum atomic E-state index is 10.3. The summed E-state index contributed by atoms with van der Waals surface area (Å²) in [7, 11) is 4.90. The van der Waals surface area contributed by atoms with Gasteiger partial charge in [-0.25, -0.2) is 0 Å². The SMILES string of the molecule is COc1cc(-c2ccccc2)c(OC)c(OC)c1-c1ccc(O)c(CC=C(C)C)c1. The Morgan fingerprint density at radius 1 is 0.833 bits per heavy atom. The van der Waals surface area contributed by atoms with Gasteiger partial charge >= 0.3 is 0 Å². The van der Waals surface area contributed by atoms with Crippen molar-refractivity contribution in [2.24, 2.45) is 0 Å². The fourth-order valence-corrected chi connectivity index (χ4v) is 3.50. The van der Waals surface area contributed by atoms with Crippen molar-refractivity contribution in [1.82, 2.24) is 0 Å². The molecule has 0 aliphatic rings. The molecule has 0 spiro atoms. The topological polar surface area (TPSA) is 47.9 Å². The average molecular weight is 405 g/mol. The van der Waals surface area contributed by atoms with Crippen LogP contribution in [0.2, 0.25) is 0 Å². The first-order valence-electron chi connectivity index (χ1n) is 9.84. The number of phenolic OH excluding ortho intramolecular Hbond substituents is 1. The highest BCUT2D eigenvalue weighted by Gasteiger charge is 2.23. The zero-order valence-electron chi connectivity index (χ0n) is 18.2. The van der Waals surface area contributed by atoms with E-state index in [2.05, 4.69) is 6.08 Å². The first-order chi connectivity index (χ1) is 14.5. The number of hydrogen-bond acceptors (Lipinski definition) is 4. The van der Waals surface area contributed by atoms with Crippen molar-refractivity contribution in [3.8, 4) is 45.3 Å². The van der Waals surface area contributed by atoms with Gasteiger partial charge in [0.15, 0.2) is 11.5 Å². The van der Waals surface area contributed by atoms with E-state index in [-0.39, 0.29) is 5.75 Å². The molecule has 0 unspecified atom stereocenters. The normalized spacial score (nSPS) is 10.4. The third-order valence-electron chi connectivity index (χ3n) is 5.01. The Morgan fingerprint density at radius 2 is 1.53 bits per heavy atom. The minimum Gasteiger partial charge on any atom is -0.508 e. The molecule has 0 saturated heterocycles. The number of benzene rings is 3. The van der Waals surface area contributed by atoms with E-state index in [1.54, 1.807) is 27.4 Å². The van der Waals surface area contributed by atoms with Crippen LogP contribution in [0.15, 0.2) is 66.2 Å². The quantitative estimate of drug-likeness (QED) is 0.472. The highest BCUT2D eigenvalue weighted by molar-refractivity contribution is 5.88. The van der Waals surface area contributed by atoms with Gasteiger partial charge in [0.05, 0.1) is 26.9 Å². The zero-order chi connectivity index (χ0) is 21.7. The fraction of sp³-hybridized carbons (Fsp3) is 0.231. The lowest BCUT2D eigenvalue weighted by molar-refractivity contribution is 0.352. The Morgan fingerprint density at radius 3 is 2.13 bits per heavy atom. The lowest BCUT2D eigenvalue weighted by Gasteiger charge is -2.20. The lowest BCUT2D eigenvalue weighted by atomic mass is 9.94. The molecular weight excluding hydrogens is 376 g/mol. The van der Waals surface area contributed by atoms with Gasteiger partial charge in [0.25, 0.3) is 0 Å². The molecule has 0 atom stereocenters. The van der Waals surface area contributed by atoms with Crippen LogP contribution in [0.25, 0.3) is 22.3 Å². The molecule has 0 bridgehead atoms. The summed E-state index contributed by atoms with van der Waals surface area (Å²) < 4.78 is 17.4. The summed E-state index contributed by atoms with van der Waals surface area (Å²) in [6.45, 7) is 4.08. The smallest absolute Gasteiger partial charge is 0.172 e. The molecule has 30 heavy (non-hydrogen) atoms. The molecule has 3 aromatic carbocycles. The first kappa shape index (κ1) is 21.3. The van der Waals surface area contributed by atoms with Gasteiger partial charge in [0, 0.05) is 5.56 Å². The minimum atomic E-state index is 0.266. The number of hydrogen-bond donors (Lipinski definition) is 1. The van der Waals surface area contributed by atoms with Crippen molar-refractivity contribution >= 4 is 0 Å². The van der Waals surface area contributed by atoms with E-state index in [0.717, 1.165) is 27.8 Å². The molecule has 0 aromatic heterocycles. The molecule has 0 saturated carbocycles. The molecule has 3 rings (SSSR count). The van der Waals surface area contributed by atoms with Crippen LogP contribution in [-0.2, 0) is 6.42 Å². The third kappa shape index (κ3) is 4.28. The summed E-state index contributed by atoms with van der Waals surface area (Å²) in [4.78, 5) is 0. The first-order valence-corrected chi connectivity index (χ1v) is 9.84. The van der Waals surface area contributed by atoms with Crippen molar-refractivity contribution in [3.05, 3.63) is 71.8 Å². The summed E-state index contributed by atoms with van der Waals surface area (Å²) in [5.74, 6) is 2.17. The molecular formula is C26H28O4. The van der Waals surface area contributed by atoms with Crippen LogP contribution in [0.3, 0.4) is 0 Å². The number of methoxy groups -OCH3 is 3. The monoisotopic (exact) mass is 404 g/mol. The minimum absolute atomic E-state index is 0.266. The van der Waals surface area contributed by atoms with Gasteiger partial charge in [0.1, 0.15) is 11.5 Å². The Kier molecular flexibility index (Phi) is 6.68. The molecule has 1 N–H and O–H groups in total. The van der Waals surface area contributed by atoms with Gasteiger partial charge in [0.2, 0.25) is 0 Å². The van der Waals surface area contributed by atoms with E-state index >= 15 is 0 Å².